The summed E-state index contributed by atoms with van der Waals surface area (Å²) >= 11 is 0. The maximum atomic E-state index is 13.1. The largest absolute Gasteiger partial charge is 0.381 e. The molecular weight excluding hydrogens is 326 g/mol. The van der Waals surface area contributed by atoms with Gasteiger partial charge in [0, 0.05) is 51.6 Å². The van der Waals surface area contributed by atoms with Crippen LogP contribution >= 0.6 is 0 Å². The van der Waals surface area contributed by atoms with E-state index in [1.807, 2.05) is 0 Å². The van der Waals surface area contributed by atoms with Crippen molar-refractivity contribution in [3.63, 3.8) is 0 Å². The Hall–Kier alpha value is -1.59. The molecule has 1 aromatic carbocycles. The zero-order chi connectivity index (χ0) is 18.0. The van der Waals surface area contributed by atoms with Crippen LogP contribution in [0.4, 0.5) is 5.69 Å². The van der Waals surface area contributed by atoms with E-state index >= 15 is 0 Å². The molecule has 2 N–H and O–H groups in total. The fourth-order valence-electron chi connectivity index (χ4n) is 4.83. The Labute approximate surface area is 156 Å². The molecule has 142 valence electrons. The van der Waals surface area contributed by atoms with Gasteiger partial charge in [-0.2, -0.15) is 0 Å². The highest BCUT2D eigenvalue weighted by Gasteiger charge is 2.42. The molecule has 1 aromatic rings. The third kappa shape index (κ3) is 3.35. The van der Waals surface area contributed by atoms with Crippen molar-refractivity contribution in [2.45, 2.75) is 32.1 Å². The van der Waals surface area contributed by atoms with Crippen molar-refractivity contribution in [2.24, 2.45) is 17.1 Å². The van der Waals surface area contributed by atoms with Crippen molar-refractivity contribution in [1.82, 2.24) is 4.90 Å². The van der Waals surface area contributed by atoms with E-state index in [0.29, 0.717) is 25.7 Å². The monoisotopic (exact) mass is 357 g/mol. The first kappa shape index (κ1) is 17.8. The number of ether oxygens (including phenoxy) is 1. The van der Waals surface area contributed by atoms with Gasteiger partial charge in [-0.1, -0.05) is 18.2 Å². The molecule has 0 aromatic heterocycles. The fraction of sp³-hybridized carbons (Fsp3) is 0.667. The molecule has 4 rings (SSSR count). The van der Waals surface area contributed by atoms with Gasteiger partial charge in [0.1, 0.15) is 0 Å². The minimum atomic E-state index is -0.376. The van der Waals surface area contributed by atoms with E-state index in [4.69, 9.17) is 10.5 Å². The van der Waals surface area contributed by atoms with Gasteiger partial charge in [0.25, 0.3) is 0 Å². The summed E-state index contributed by atoms with van der Waals surface area (Å²) < 4.78 is 5.45. The van der Waals surface area contributed by atoms with Crippen LogP contribution in [0, 0.1) is 11.3 Å². The average Bonchev–Trinajstić information content (AvgIpc) is 3.11. The quantitative estimate of drug-likeness (QED) is 0.896. The van der Waals surface area contributed by atoms with Crippen LogP contribution in [-0.4, -0.2) is 56.7 Å². The second kappa shape index (κ2) is 7.57. The molecule has 3 heterocycles. The molecule has 26 heavy (non-hydrogen) atoms. The standard InChI is InChI=1S/C21H31N3O2/c22-16-21(8-13-26-14-9-21)20(25)23-10-5-17(6-11-23)15-24-12-7-18-3-1-2-4-19(18)24/h1-4,17H,5-16,22H2. The first-order valence-electron chi connectivity index (χ1n) is 10.1. The summed E-state index contributed by atoms with van der Waals surface area (Å²) in [5.41, 5.74) is 8.53. The number of benzene rings is 1. The van der Waals surface area contributed by atoms with Crippen LogP contribution in [0.15, 0.2) is 24.3 Å². The molecule has 0 bridgehead atoms. The van der Waals surface area contributed by atoms with E-state index in [2.05, 4.69) is 34.1 Å². The predicted octanol–water partition coefficient (Wildman–Crippen LogP) is 2.04. The first-order valence-corrected chi connectivity index (χ1v) is 10.1. The molecular formula is C21H31N3O2. The molecule has 2 fully saturated rings. The summed E-state index contributed by atoms with van der Waals surface area (Å²) in [5, 5.41) is 0. The van der Waals surface area contributed by atoms with Crippen LogP contribution in [0.25, 0.3) is 0 Å². The van der Waals surface area contributed by atoms with Crippen LogP contribution in [0.1, 0.15) is 31.2 Å². The second-order valence-corrected chi connectivity index (χ2v) is 8.16. The zero-order valence-electron chi connectivity index (χ0n) is 15.7. The number of hydrogen-bond donors (Lipinski definition) is 1. The Bertz CT molecular complexity index is 634. The van der Waals surface area contributed by atoms with Gasteiger partial charge in [-0.05, 0) is 49.7 Å². The van der Waals surface area contributed by atoms with Crippen molar-refractivity contribution in [3.05, 3.63) is 29.8 Å². The van der Waals surface area contributed by atoms with Crippen molar-refractivity contribution >= 4 is 11.6 Å². The number of nitrogens with zero attached hydrogens (tertiary/aromatic N) is 2. The minimum absolute atomic E-state index is 0.272. The Morgan fingerprint density at radius 1 is 1.15 bits per heavy atom. The minimum Gasteiger partial charge on any atom is -0.381 e. The van der Waals surface area contributed by atoms with Crippen molar-refractivity contribution < 1.29 is 9.53 Å². The summed E-state index contributed by atoms with van der Waals surface area (Å²) in [5.74, 6) is 0.946. The zero-order valence-corrected chi connectivity index (χ0v) is 15.7. The number of para-hydroxylation sites is 1. The topological polar surface area (TPSA) is 58.8 Å². The molecule has 2 saturated heterocycles. The van der Waals surface area contributed by atoms with Gasteiger partial charge in [0.2, 0.25) is 5.91 Å². The Morgan fingerprint density at radius 3 is 2.62 bits per heavy atom. The van der Waals surface area contributed by atoms with Gasteiger partial charge in [0.05, 0.1) is 5.41 Å². The highest BCUT2D eigenvalue weighted by Crippen LogP contribution is 2.34. The second-order valence-electron chi connectivity index (χ2n) is 8.16. The van der Waals surface area contributed by atoms with Gasteiger partial charge in [0.15, 0.2) is 0 Å². The van der Waals surface area contributed by atoms with E-state index < -0.39 is 0 Å². The third-order valence-electron chi connectivity index (χ3n) is 6.66. The lowest BCUT2D eigenvalue weighted by Gasteiger charge is -2.42. The van der Waals surface area contributed by atoms with Gasteiger partial charge in [-0.25, -0.2) is 0 Å². The van der Waals surface area contributed by atoms with Gasteiger partial charge >= 0.3 is 0 Å². The molecule has 3 aliphatic rings. The van der Waals surface area contributed by atoms with Crippen molar-refractivity contribution in [1.29, 1.82) is 0 Å². The van der Waals surface area contributed by atoms with Crippen molar-refractivity contribution in [2.75, 3.05) is 50.8 Å². The Kier molecular flexibility index (Phi) is 5.18. The lowest BCUT2D eigenvalue weighted by atomic mass is 9.78. The van der Waals surface area contributed by atoms with Gasteiger partial charge in [-0.15, -0.1) is 0 Å². The van der Waals surface area contributed by atoms with Crippen LogP contribution in [0.3, 0.4) is 0 Å². The normalized spacial score (nSPS) is 23.1. The highest BCUT2D eigenvalue weighted by molar-refractivity contribution is 5.83. The van der Waals surface area contributed by atoms with Crippen LogP contribution < -0.4 is 10.6 Å². The SMILES string of the molecule is NCC1(C(=O)N2CCC(CN3CCc4ccccc43)CC2)CCOCC1. The number of likely N-dealkylation sites (tertiary alicyclic amines) is 1. The molecule has 0 unspecified atom stereocenters. The molecule has 5 nitrogen and oxygen atoms in total. The van der Waals surface area contributed by atoms with Crippen LogP contribution in [0.5, 0.6) is 0 Å². The third-order valence-corrected chi connectivity index (χ3v) is 6.66. The number of rotatable bonds is 4. The summed E-state index contributed by atoms with van der Waals surface area (Å²) in [4.78, 5) is 17.7. The number of fused-ring (bicyclic) bond motifs is 1. The number of carbonyl (C=O) groups excluding carboxylic acids is 1. The lowest BCUT2D eigenvalue weighted by Crippen LogP contribution is -2.53. The fourth-order valence-corrected chi connectivity index (χ4v) is 4.83. The predicted molar refractivity (Wildman–Crippen MR) is 103 cm³/mol. The number of hydrogen-bond acceptors (Lipinski definition) is 4. The lowest BCUT2D eigenvalue weighted by molar-refractivity contribution is -0.148. The number of nitrogens with two attached hydrogens (primary N) is 1. The number of piperidine rings is 1. The molecule has 0 atom stereocenters. The van der Waals surface area contributed by atoms with Crippen LogP contribution in [-0.2, 0) is 16.0 Å². The number of anilines is 1. The maximum Gasteiger partial charge on any atom is 0.230 e. The maximum absolute atomic E-state index is 13.1. The van der Waals surface area contributed by atoms with E-state index in [-0.39, 0.29) is 11.3 Å². The van der Waals surface area contributed by atoms with Crippen molar-refractivity contribution in [3.8, 4) is 0 Å². The molecule has 0 spiro atoms. The van der Waals surface area contributed by atoms with E-state index in [1.165, 1.54) is 11.3 Å². The van der Waals surface area contributed by atoms with E-state index in [9.17, 15) is 4.79 Å². The summed E-state index contributed by atoms with van der Waals surface area (Å²) in [6, 6.07) is 8.77. The first-order chi connectivity index (χ1) is 12.7. The molecule has 3 aliphatic heterocycles. The summed E-state index contributed by atoms with van der Waals surface area (Å²) in [7, 11) is 0. The molecule has 5 heteroatoms. The molecule has 0 aliphatic carbocycles. The van der Waals surface area contributed by atoms with E-state index in [0.717, 1.165) is 58.3 Å². The number of amides is 1. The number of carbonyl (C=O) groups is 1. The summed E-state index contributed by atoms with van der Waals surface area (Å²) in [6.45, 7) is 5.77. The molecule has 0 radical (unpaired) electrons. The Balaban J connectivity index is 1.32. The average molecular weight is 357 g/mol. The van der Waals surface area contributed by atoms with Gasteiger partial charge in [-0.3, -0.25) is 4.79 Å². The smallest absolute Gasteiger partial charge is 0.230 e. The highest BCUT2D eigenvalue weighted by atomic mass is 16.5. The molecule has 0 saturated carbocycles. The van der Waals surface area contributed by atoms with Gasteiger partial charge < -0.3 is 20.3 Å². The summed E-state index contributed by atoms with van der Waals surface area (Å²) in [6.07, 6.45) is 4.90. The molecule has 1 amide bonds. The Morgan fingerprint density at radius 2 is 1.88 bits per heavy atom. The van der Waals surface area contributed by atoms with Crippen LogP contribution in [0.2, 0.25) is 0 Å². The van der Waals surface area contributed by atoms with E-state index in [1.54, 1.807) is 0 Å².